The average molecular weight is 444 g/mol. The second-order valence-electron chi connectivity index (χ2n) is 9.87. The van der Waals surface area contributed by atoms with Crippen molar-refractivity contribution in [1.82, 2.24) is 5.32 Å². The average Bonchev–Trinajstić information content (AvgIpc) is 2.62. The van der Waals surface area contributed by atoms with Gasteiger partial charge < -0.3 is 14.8 Å². The van der Waals surface area contributed by atoms with Gasteiger partial charge in [-0.25, -0.2) is 0 Å². The summed E-state index contributed by atoms with van der Waals surface area (Å²) in [5, 5.41) is 2.36. The molecule has 8 nitrogen and oxygen atoms in total. The van der Waals surface area contributed by atoms with Gasteiger partial charge in [0, 0.05) is 24.8 Å². The van der Waals surface area contributed by atoms with Crippen LogP contribution >= 0.6 is 0 Å². The van der Waals surface area contributed by atoms with Gasteiger partial charge in [-0.1, -0.05) is 6.92 Å². The zero-order valence-corrected chi connectivity index (χ0v) is 18.5. The molecule has 0 aromatic carbocycles. The van der Waals surface area contributed by atoms with Crippen molar-refractivity contribution in [1.29, 1.82) is 0 Å². The molecule has 5 rings (SSSR count). The zero-order chi connectivity index (χ0) is 21.7. The number of hydrogen-bond donors (Lipinski definition) is 2. The predicted octanol–water partition coefficient (Wildman–Crippen LogP) is 2.07. The SMILES string of the molecule is CCNC1CCC(S(=O)(=O)O)CC1C(=O)OC1C2CC3CC1CC(OC(C)=O)(C3)C2. The van der Waals surface area contributed by atoms with Crippen molar-refractivity contribution in [3.63, 3.8) is 0 Å². The molecule has 0 saturated heterocycles. The Labute approximate surface area is 178 Å². The van der Waals surface area contributed by atoms with E-state index in [9.17, 15) is 22.6 Å². The first-order valence-electron chi connectivity index (χ1n) is 11.2. The Morgan fingerprint density at radius 2 is 1.77 bits per heavy atom. The minimum absolute atomic E-state index is 0.0808. The van der Waals surface area contributed by atoms with E-state index in [1.807, 2.05) is 6.92 Å². The molecule has 0 radical (unpaired) electrons. The van der Waals surface area contributed by atoms with Crippen LogP contribution in [0.3, 0.4) is 0 Å². The molecule has 5 aliphatic rings. The van der Waals surface area contributed by atoms with Gasteiger partial charge in [-0.05, 0) is 63.8 Å². The lowest BCUT2D eigenvalue weighted by Crippen LogP contribution is -2.60. The number of rotatable bonds is 6. The molecule has 0 aromatic heterocycles. The smallest absolute Gasteiger partial charge is 0.310 e. The Kier molecular flexibility index (Phi) is 5.91. The lowest BCUT2D eigenvalue weighted by Gasteiger charge is -2.58. The molecule has 4 bridgehead atoms. The number of ether oxygens (including phenoxy) is 2. The largest absolute Gasteiger partial charge is 0.462 e. The number of esters is 2. The van der Waals surface area contributed by atoms with E-state index in [0.29, 0.717) is 25.3 Å². The molecule has 2 N–H and O–H groups in total. The maximum Gasteiger partial charge on any atom is 0.310 e. The van der Waals surface area contributed by atoms with E-state index in [-0.39, 0.29) is 42.3 Å². The summed E-state index contributed by atoms with van der Waals surface area (Å²) >= 11 is 0. The molecule has 9 heteroatoms. The third-order valence-corrected chi connectivity index (χ3v) is 9.01. The van der Waals surface area contributed by atoms with Crippen LogP contribution < -0.4 is 5.32 Å². The van der Waals surface area contributed by atoms with Crippen LogP contribution in [0.5, 0.6) is 0 Å². The third-order valence-electron chi connectivity index (χ3n) is 7.74. The molecule has 5 fully saturated rings. The molecule has 0 aliphatic heterocycles. The summed E-state index contributed by atoms with van der Waals surface area (Å²) in [5.41, 5.74) is -0.404. The lowest BCUT2D eigenvalue weighted by atomic mass is 9.53. The summed E-state index contributed by atoms with van der Waals surface area (Å²) in [5.74, 6) is -0.350. The lowest BCUT2D eigenvalue weighted by molar-refractivity contribution is -0.216. The maximum absolute atomic E-state index is 13.2. The van der Waals surface area contributed by atoms with E-state index in [1.165, 1.54) is 6.92 Å². The van der Waals surface area contributed by atoms with Crippen molar-refractivity contribution in [2.75, 3.05) is 6.54 Å². The molecule has 5 saturated carbocycles. The summed E-state index contributed by atoms with van der Waals surface area (Å²) in [6.07, 6.45) is 5.04. The van der Waals surface area contributed by atoms with Crippen molar-refractivity contribution in [3.8, 4) is 0 Å². The first kappa shape index (κ1) is 22.0. The van der Waals surface area contributed by atoms with Gasteiger partial charge in [-0.3, -0.25) is 14.1 Å². The summed E-state index contributed by atoms with van der Waals surface area (Å²) in [7, 11) is -4.18. The standard InChI is InChI=1S/C21H33NO7S/c1-3-22-18-5-4-16(30(25,26)27)8-17(18)20(24)28-19-14-6-13-7-15(19)11-21(9-13,10-14)29-12(2)23/h13-19,22H,3-11H2,1-2H3,(H,25,26,27). The highest BCUT2D eigenvalue weighted by Crippen LogP contribution is 2.58. The highest BCUT2D eigenvalue weighted by molar-refractivity contribution is 7.86. The molecule has 5 unspecified atom stereocenters. The van der Waals surface area contributed by atoms with Gasteiger partial charge in [0.25, 0.3) is 10.1 Å². The molecule has 0 spiro atoms. The Morgan fingerprint density at radius 3 is 2.33 bits per heavy atom. The van der Waals surface area contributed by atoms with Crippen LogP contribution in [-0.2, 0) is 29.2 Å². The van der Waals surface area contributed by atoms with Crippen LogP contribution in [0.15, 0.2) is 0 Å². The van der Waals surface area contributed by atoms with E-state index in [4.69, 9.17) is 9.47 Å². The minimum atomic E-state index is -4.18. The van der Waals surface area contributed by atoms with Crippen LogP contribution in [0.1, 0.15) is 65.2 Å². The summed E-state index contributed by atoms with van der Waals surface area (Å²) < 4.78 is 44.6. The van der Waals surface area contributed by atoms with E-state index in [0.717, 1.165) is 32.1 Å². The van der Waals surface area contributed by atoms with E-state index in [2.05, 4.69) is 5.32 Å². The highest BCUT2D eigenvalue weighted by atomic mass is 32.2. The quantitative estimate of drug-likeness (QED) is 0.473. The van der Waals surface area contributed by atoms with Gasteiger partial charge >= 0.3 is 11.9 Å². The van der Waals surface area contributed by atoms with Crippen molar-refractivity contribution in [2.24, 2.45) is 23.7 Å². The van der Waals surface area contributed by atoms with Crippen LogP contribution in [0.25, 0.3) is 0 Å². The first-order valence-corrected chi connectivity index (χ1v) is 12.7. The van der Waals surface area contributed by atoms with E-state index >= 15 is 0 Å². The molecule has 0 aromatic rings. The van der Waals surface area contributed by atoms with Crippen molar-refractivity contribution in [2.45, 2.75) is 88.2 Å². The van der Waals surface area contributed by atoms with Crippen LogP contribution in [-0.4, -0.2) is 54.5 Å². The van der Waals surface area contributed by atoms with Crippen LogP contribution in [0, 0.1) is 23.7 Å². The van der Waals surface area contributed by atoms with Gasteiger partial charge in [0.15, 0.2) is 0 Å². The number of carbonyl (C=O) groups is 2. The maximum atomic E-state index is 13.2. The van der Waals surface area contributed by atoms with Crippen molar-refractivity contribution < 1.29 is 32.0 Å². The van der Waals surface area contributed by atoms with Gasteiger partial charge in [-0.15, -0.1) is 0 Å². The van der Waals surface area contributed by atoms with Gasteiger partial charge in [0.2, 0.25) is 0 Å². The fourth-order valence-electron chi connectivity index (χ4n) is 6.92. The Bertz CT molecular complexity index is 781. The normalized spacial score (nSPS) is 42.7. The number of nitrogens with one attached hydrogen (secondary N) is 1. The van der Waals surface area contributed by atoms with E-state index < -0.39 is 26.9 Å². The van der Waals surface area contributed by atoms with Gasteiger partial charge in [0.1, 0.15) is 11.7 Å². The van der Waals surface area contributed by atoms with Crippen molar-refractivity contribution in [3.05, 3.63) is 0 Å². The topological polar surface area (TPSA) is 119 Å². The van der Waals surface area contributed by atoms with E-state index in [1.54, 1.807) is 0 Å². The molecule has 30 heavy (non-hydrogen) atoms. The number of carbonyl (C=O) groups excluding carboxylic acids is 2. The molecule has 0 amide bonds. The zero-order valence-electron chi connectivity index (χ0n) is 17.7. The Morgan fingerprint density at radius 1 is 1.10 bits per heavy atom. The summed E-state index contributed by atoms with van der Waals surface area (Å²) in [6, 6.07) is -0.148. The fourth-order valence-corrected chi connectivity index (χ4v) is 7.80. The molecule has 0 heterocycles. The molecular weight excluding hydrogens is 410 g/mol. The number of hydrogen-bond acceptors (Lipinski definition) is 7. The molecular formula is C21H33NO7S. The highest BCUT2D eigenvalue weighted by Gasteiger charge is 2.58. The molecule has 5 atom stereocenters. The Balaban J connectivity index is 1.47. The molecule has 5 aliphatic carbocycles. The minimum Gasteiger partial charge on any atom is -0.462 e. The predicted molar refractivity (Wildman–Crippen MR) is 108 cm³/mol. The van der Waals surface area contributed by atoms with Gasteiger partial charge in [0.05, 0.1) is 11.2 Å². The second kappa shape index (κ2) is 8.06. The third kappa shape index (κ3) is 4.25. The molecule has 170 valence electrons. The summed E-state index contributed by atoms with van der Waals surface area (Å²) in [4.78, 5) is 24.8. The van der Waals surface area contributed by atoms with Crippen LogP contribution in [0.4, 0.5) is 0 Å². The fraction of sp³-hybridized carbons (Fsp3) is 0.905. The summed E-state index contributed by atoms with van der Waals surface area (Å²) in [6.45, 7) is 4.07. The second-order valence-corrected chi connectivity index (χ2v) is 11.6. The Hall–Kier alpha value is -1.19. The van der Waals surface area contributed by atoms with Gasteiger partial charge in [-0.2, -0.15) is 8.42 Å². The van der Waals surface area contributed by atoms with Crippen LogP contribution in [0.2, 0.25) is 0 Å². The monoisotopic (exact) mass is 443 g/mol. The van der Waals surface area contributed by atoms with Crippen molar-refractivity contribution >= 4 is 22.1 Å². The first-order chi connectivity index (χ1) is 14.1.